The van der Waals surface area contributed by atoms with Gasteiger partial charge in [-0.2, -0.15) is 5.26 Å². The van der Waals surface area contributed by atoms with Gasteiger partial charge < -0.3 is 10.0 Å². The van der Waals surface area contributed by atoms with Crippen LogP contribution >= 0.6 is 0 Å². The summed E-state index contributed by atoms with van der Waals surface area (Å²) in [6, 6.07) is 8.73. The van der Waals surface area contributed by atoms with E-state index >= 15 is 0 Å². The summed E-state index contributed by atoms with van der Waals surface area (Å²) in [5.74, 6) is -0.482. The molecule has 2 aromatic carbocycles. The molecule has 0 aromatic heterocycles. The van der Waals surface area contributed by atoms with Gasteiger partial charge >= 0.3 is 7.12 Å². The smallest absolute Gasteiger partial charge is 0.423 e. The van der Waals surface area contributed by atoms with Gasteiger partial charge in [0.1, 0.15) is 5.82 Å². The van der Waals surface area contributed by atoms with E-state index in [0.29, 0.717) is 16.3 Å². The van der Waals surface area contributed by atoms with Crippen molar-refractivity contribution in [1.82, 2.24) is 0 Å². The number of hydrogen-bond acceptors (Lipinski definition) is 3. The van der Waals surface area contributed by atoms with E-state index in [1.54, 1.807) is 0 Å². The van der Waals surface area contributed by atoms with Crippen LogP contribution in [0.5, 0.6) is 0 Å². The van der Waals surface area contributed by atoms with Crippen molar-refractivity contribution in [1.29, 1.82) is 5.26 Å². The highest BCUT2D eigenvalue weighted by Crippen LogP contribution is 2.18. The topological polar surface area (TPSA) is 64.2 Å². The van der Waals surface area contributed by atoms with Crippen molar-refractivity contribution in [3.63, 3.8) is 0 Å². The van der Waals surface area contributed by atoms with Gasteiger partial charge in [-0.05, 0) is 34.4 Å². The highest BCUT2D eigenvalue weighted by Gasteiger charge is 2.16. The first-order valence-electron chi connectivity index (χ1n) is 4.62. The molecule has 0 unspecified atom stereocenters. The lowest BCUT2D eigenvalue weighted by Crippen LogP contribution is -2.30. The van der Waals surface area contributed by atoms with Crippen molar-refractivity contribution in [2.75, 3.05) is 0 Å². The minimum atomic E-state index is -1.68. The maximum Gasteiger partial charge on any atom is 0.489 e. The molecule has 0 aliphatic carbocycles. The van der Waals surface area contributed by atoms with Gasteiger partial charge in [-0.15, -0.1) is 0 Å². The van der Waals surface area contributed by atoms with E-state index in [4.69, 9.17) is 15.3 Å². The summed E-state index contributed by atoms with van der Waals surface area (Å²) >= 11 is 0. The minimum Gasteiger partial charge on any atom is -0.423 e. The molecule has 0 fully saturated rings. The Labute approximate surface area is 91.5 Å². The molecule has 0 atom stereocenters. The van der Waals surface area contributed by atoms with Gasteiger partial charge in [-0.25, -0.2) is 4.39 Å². The van der Waals surface area contributed by atoms with Crippen molar-refractivity contribution in [3.8, 4) is 6.07 Å². The Morgan fingerprint density at radius 2 is 1.88 bits per heavy atom. The molecule has 0 bridgehead atoms. The predicted molar refractivity (Wildman–Crippen MR) is 58.4 cm³/mol. The number of hydrogen-bond donors (Lipinski definition) is 2. The van der Waals surface area contributed by atoms with E-state index in [0.717, 1.165) is 0 Å². The Kier molecular flexibility index (Phi) is 2.61. The van der Waals surface area contributed by atoms with Gasteiger partial charge in [-0.3, -0.25) is 0 Å². The van der Waals surface area contributed by atoms with Gasteiger partial charge in [0.15, 0.2) is 0 Å². The van der Waals surface area contributed by atoms with Crippen molar-refractivity contribution >= 4 is 23.4 Å². The fourth-order valence-electron chi connectivity index (χ4n) is 1.67. The van der Waals surface area contributed by atoms with Crippen LogP contribution in [0.2, 0.25) is 0 Å². The monoisotopic (exact) mass is 215 g/mol. The quantitative estimate of drug-likeness (QED) is 0.682. The molecule has 2 rings (SSSR count). The molecular formula is C11H7BFNO2. The first-order chi connectivity index (χ1) is 7.63. The fourth-order valence-corrected chi connectivity index (χ4v) is 1.67. The summed E-state index contributed by atoms with van der Waals surface area (Å²) in [5, 5.41) is 28.0. The number of rotatable bonds is 1. The standard InChI is InChI=1S/C11H7BFNO2/c13-8-2-3-9-7(6-14)1-4-11(12(15)16)10(9)5-8/h1-5,15-16H. The second kappa shape index (κ2) is 3.93. The molecule has 2 N–H and O–H groups in total. The van der Waals surface area contributed by atoms with Crippen LogP contribution in [0.25, 0.3) is 10.8 Å². The highest BCUT2D eigenvalue weighted by atomic mass is 19.1. The number of fused-ring (bicyclic) bond motifs is 1. The highest BCUT2D eigenvalue weighted by molar-refractivity contribution is 6.62. The van der Waals surface area contributed by atoms with E-state index in [9.17, 15) is 4.39 Å². The Morgan fingerprint density at radius 1 is 1.12 bits per heavy atom. The van der Waals surface area contributed by atoms with Crippen molar-refractivity contribution < 1.29 is 14.4 Å². The van der Waals surface area contributed by atoms with Gasteiger partial charge in [0.2, 0.25) is 0 Å². The lowest BCUT2D eigenvalue weighted by atomic mass is 9.76. The van der Waals surface area contributed by atoms with Crippen LogP contribution in [0, 0.1) is 17.1 Å². The first kappa shape index (κ1) is 10.6. The van der Waals surface area contributed by atoms with Crippen LogP contribution in [0.15, 0.2) is 30.3 Å². The molecule has 16 heavy (non-hydrogen) atoms. The summed E-state index contributed by atoms with van der Waals surface area (Å²) in [7, 11) is -1.68. The molecule has 0 saturated carbocycles. The number of benzene rings is 2. The van der Waals surface area contributed by atoms with Crippen LogP contribution in [-0.4, -0.2) is 17.2 Å². The average molecular weight is 215 g/mol. The van der Waals surface area contributed by atoms with E-state index in [1.807, 2.05) is 6.07 Å². The minimum absolute atomic E-state index is 0.188. The zero-order valence-electron chi connectivity index (χ0n) is 8.18. The largest absolute Gasteiger partial charge is 0.489 e. The third-order valence-electron chi connectivity index (χ3n) is 2.41. The molecule has 78 valence electrons. The van der Waals surface area contributed by atoms with Crippen LogP contribution < -0.4 is 5.46 Å². The van der Waals surface area contributed by atoms with Crippen LogP contribution in [0.4, 0.5) is 4.39 Å². The molecule has 0 aliphatic rings. The third-order valence-corrected chi connectivity index (χ3v) is 2.41. The molecule has 0 saturated heterocycles. The van der Waals surface area contributed by atoms with Crippen LogP contribution in [0.3, 0.4) is 0 Å². The zero-order chi connectivity index (χ0) is 11.7. The molecule has 3 nitrogen and oxygen atoms in total. The second-order valence-corrected chi connectivity index (χ2v) is 3.38. The SMILES string of the molecule is N#Cc1ccc(B(O)O)c2cc(F)ccc12. The van der Waals surface area contributed by atoms with Gasteiger partial charge in [-0.1, -0.05) is 12.1 Å². The average Bonchev–Trinajstić information content (AvgIpc) is 2.26. The summed E-state index contributed by atoms with van der Waals surface area (Å²) in [6.45, 7) is 0. The van der Waals surface area contributed by atoms with Crippen molar-refractivity contribution in [2.45, 2.75) is 0 Å². The van der Waals surface area contributed by atoms with Gasteiger partial charge in [0.05, 0.1) is 11.6 Å². The number of nitrogens with zero attached hydrogens (tertiary/aromatic N) is 1. The molecular weight excluding hydrogens is 208 g/mol. The summed E-state index contributed by atoms with van der Waals surface area (Å²) in [5.41, 5.74) is 0.563. The normalized spacial score (nSPS) is 10.1. The maximum absolute atomic E-state index is 13.1. The van der Waals surface area contributed by atoms with Crippen LogP contribution in [-0.2, 0) is 0 Å². The lowest BCUT2D eigenvalue weighted by molar-refractivity contribution is 0.426. The third kappa shape index (κ3) is 1.65. The molecule has 2 aromatic rings. The molecule has 0 aliphatic heterocycles. The van der Waals surface area contributed by atoms with Gasteiger partial charge in [0.25, 0.3) is 0 Å². The van der Waals surface area contributed by atoms with E-state index in [1.165, 1.54) is 30.3 Å². The van der Waals surface area contributed by atoms with E-state index in [2.05, 4.69) is 0 Å². The molecule has 0 spiro atoms. The Balaban J connectivity index is 2.87. The lowest BCUT2D eigenvalue weighted by Gasteiger charge is -2.06. The first-order valence-corrected chi connectivity index (χ1v) is 4.62. The number of halogens is 1. The Morgan fingerprint density at radius 3 is 2.50 bits per heavy atom. The van der Waals surface area contributed by atoms with Crippen molar-refractivity contribution in [2.24, 2.45) is 0 Å². The fraction of sp³-hybridized carbons (Fsp3) is 0. The molecule has 0 amide bonds. The van der Waals surface area contributed by atoms with Gasteiger partial charge in [0, 0.05) is 0 Å². The summed E-state index contributed by atoms with van der Waals surface area (Å²) in [4.78, 5) is 0. The Bertz CT molecular complexity index is 592. The molecule has 5 heteroatoms. The predicted octanol–water partition coefficient (Wildman–Crippen LogP) is 0.530. The second-order valence-electron chi connectivity index (χ2n) is 3.38. The maximum atomic E-state index is 13.1. The summed E-state index contributed by atoms with van der Waals surface area (Å²) in [6.07, 6.45) is 0. The van der Waals surface area contributed by atoms with E-state index < -0.39 is 12.9 Å². The van der Waals surface area contributed by atoms with Crippen LogP contribution in [0.1, 0.15) is 5.56 Å². The summed E-state index contributed by atoms with van der Waals surface area (Å²) < 4.78 is 13.1. The molecule has 0 radical (unpaired) electrons. The zero-order valence-corrected chi connectivity index (χ0v) is 8.18. The molecule has 0 heterocycles. The van der Waals surface area contributed by atoms with Crippen molar-refractivity contribution in [3.05, 3.63) is 41.7 Å². The number of nitriles is 1. The van der Waals surface area contributed by atoms with E-state index in [-0.39, 0.29) is 5.46 Å². The Hall–Kier alpha value is -1.90.